The van der Waals surface area contributed by atoms with Crippen molar-refractivity contribution in [3.63, 3.8) is 0 Å². The standard InChI is InChI=1S/C57H66N2.2C2H6/c1-10-14-16-45-34-41(8)56(42(9)35-45)59(47-24-20-44(13-4)21-25-47)49-27-29-51-50-28-26-48(36-52(50)53-17-15-31-57(53,30-11-2)54(51)37-49)58(46-22-18-43(12-3)19-23-46)55-39(6)32-38(5)33-40(55)7;2*1-2/h18-29,32-37,53H,10-17,30-31H2,1-9H3;2*1-2H3/t53?,57-;;/m0../s1. The third-order valence-electron chi connectivity index (χ3n) is 13.9. The summed E-state index contributed by atoms with van der Waals surface area (Å²) in [6, 6.07) is 43.2. The Balaban J connectivity index is 0.00000161. The van der Waals surface area contributed by atoms with Crippen LogP contribution in [0, 0.1) is 34.6 Å². The molecule has 0 bridgehead atoms. The van der Waals surface area contributed by atoms with E-state index in [1.165, 1.54) is 140 Å². The van der Waals surface area contributed by atoms with E-state index in [1.54, 1.807) is 5.56 Å². The molecule has 1 saturated carbocycles. The Kier molecular flexibility index (Phi) is 15.8. The van der Waals surface area contributed by atoms with Crippen LogP contribution < -0.4 is 9.80 Å². The first kappa shape index (κ1) is 47.4. The number of fused-ring (bicyclic) bond motifs is 6. The molecule has 332 valence electrons. The fraction of sp³-hybridized carbons (Fsp3) is 0.410. The Hall–Kier alpha value is -5.08. The van der Waals surface area contributed by atoms with E-state index in [1.807, 2.05) is 27.7 Å². The molecule has 1 unspecified atom stereocenters. The molecule has 6 aromatic rings. The van der Waals surface area contributed by atoms with Gasteiger partial charge in [-0.15, -0.1) is 0 Å². The van der Waals surface area contributed by atoms with Gasteiger partial charge in [0.25, 0.3) is 0 Å². The third-order valence-corrected chi connectivity index (χ3v) is 13.9. The van der Waals surface area contributed by atoms with Gasteiger partial charge >= 0.3 is 0 Å². The molecular formula is C61H78N2. The number of rotatable bonds is 13. The lowest BCUT2D eigenvalue weighted by Gasteiger charge is -2.44. The summed E-state index contributed by atoms with van der Waals surface area (Å²) in [4.78, 5) is 5.11. The Labute approximate surface area is 383 Å². The van der Waals surface area contributed by atoms with Gasteiger partial charge in [-0.05, 0) is 195 Å². The van der Waals surface area contributed by atoms with Crippen LogP contribution in [-0.2, 0) is 24.7 Å². The quantitative estimate of drug-likeness (QED) is 0.114. The summed E-state index contributed by atoms with van der Waals surface area (Å²) in [7, 11) is 0. The summed E-state index contributed by atoms with van der Waals surface area (Å²) < 4.78 is 0. The van der Waals surface area contributed by atoms with E-state index in [-0.39, 0.29) is 5.41 Å². The second-order valence-electron chi connectivity index (χ2n) is 18.0. The molecule has 0 aliphatic heterocycles. The van der Waals surface area contributed by atoms with E-state index in [0.29, 0.717) is 5.92 Å². The fourth-order valence-corrected chi connectivity index (χ4v) is 11.3. The van der Waals surface area contributed by atoms with Crippen molar-refractivity contribution in [1.29, 1.82) is 0 Å². The minimum atomic E-state index is 0.0981. The second kappa shape index (κ2) is 21.1. The molecule has 0 amide bonds. The van der Waals surface area contributed by atoms with Crippen molar-refractivity contribution in [3.05, 3.63) is 165 Å². The highest BCUT2D eigenvalue weighted by Gasteiger charge is 2.49. The minimum Gasteiger partial charge on any atom is -0.310 e. The van der Waals surface area contributed by atoms with E-state index >= 15 is 0 Å². The SMILES string of the molecule is CC.CC.CCCCc1cc(C)c(N(c2ccc(CC)cc2)c2ccc3c(c2)[C@@]2(CCC)CCCC2c2cc(N(c4ccc(CC)cc4)c4c(C)cc(C)cc4C)ccc2-3)c(C)c1. The highest BCUT2D eigenvalue weighted by atomic mass is 15.2. The number of benzene rings is 6. The molecule has 0 radical (unpaired) electrons. The van der Waals surface area contributed by atoms with Crippen LogP contribution in [0.1, 0.15) is 162 Å². The Bertz CT molecular complexity index is 2410. The number of unbranched alkanes of at least 4 members (excludes halogenated alkanes) is 1. The lowest BCUT2D eigenvalue weighted by molar-refractivity contribution is 0.353. The van der Waals surface area contributed by atoms with Gasteiger partial charge in [0.15, 0.2) is 0 Å². The summed E-state index contributed by atoms with van der Waals surface area (Å²) in [6.45, 7) is 28.6. The van der Waals surface area contributed by atoms with Crippen molar-refractivity contribution in [1.82, 2.24) is 0 Å². The van der Waals surface area contributed by atoms with Gasteiger partial charge in [-0.1, -0.05) is 141 Å². The summed E-state index contributed by atoms with van der Waals surface area (Å²) in [5, 5.41) is 0. The number of hydrogen-bond donors (Lipinski definition) is 0. The zero-order valence-corrected chi connectivity index (χ0v) is 41.4. The first-order chi connectivity index (χ1) is 30.6. The van der Waals surface area contributed by atoms with Crippen molar-refractivity contribution in [2.24, 2.45) is 0 Å². The maximum Gasteiger partial charge on any atom is 0.0520 e. The molecular weight excluding hydrogens is 761 g/mol. The average molecular weight is 839 g/mol. The number of hydrogen-bond acceptors (Lipinski definition) is 2. The van der Waals surface area contributed by atoms with Crippen LogP contribution in [0.4, 0.5) is 34.1 Å². The van der Waals surface area contributed by atoms with Crippen LogP contribution in [-0.4, -0.2) is 0 Å². The third kappa shape index (κ3) is 9.29. The Morgan fingerprint density at radius 3 is 1.48 bits per heavy atom. The maximum absolute atomic E-state index is 2.62. The lowest BCUT2D eigenvalue weighted by atomic mass is 9.60. The van der Waals surface area contributed by atoms with Crippen LogP contribution >= 0.6 is 0 Å². The first-order valence-electron chi connectivity index (χ1n) is 24.9. The van der Waals surface area contributed by atoms with Crippen molar-refractivity contribution >= 4 is 34.1 Å². The predicted molar refractivity (Wildman–Crippen MR) is 278 cm³/mol. The topological polar surface area (TPSA) is 6.48 Å². The van der Waals surface area contributed by atoms with Crippen molar-refractivity contribution in [2.75, 3.05) is 9.80 Å². The zero-order chi connectivity index (χ0) is 45.4. The lowest BCUT2D eigenvalue weighted by Crippen LogP contribution is -2.33. The molecule has 0 spiro atoms. The van der Waals surface area contributed by atoms with E-state index in [2.05, 4.69) is 181 Å². The molecule has 2 heteroatoms. The van der Waals surface area contributed by atoms with E-state index in [9.17, 15) is 0 Å². The largest absolute Gasteiger partial charge is 0.310 e. The van der Waals surface area contributed by atoms with Crippen LogP contribution in [0.15, 0.2) is 109 Å². The van der Waals surface area contributed by atoms with E-state index < -0.39 is 0 Å². The molecule has 0 heterocycles. The summed E-state index contributed by atoms with van der Waals surface area (Å²) in [6.07, 6.45) is 11.8. The van der Waals surface area contributed by atoms with Gasteiger partial charge in [-0.2, -0.15) is 0 Å². The molecule has 8 rings (SSSR count). The molecule has 1 fully saturated rings. The Morgan fingerprint density at radius 1 is 0.508 bits per heavy atom. The molecule has 2 aliphatic carbocycles. The number of nitrogens with zero attached hydrogens (tertiary/aromatic N) is 2. The highest BCUT2D eigenvalue weighted by Crippen LogP contribution is 2.62. The molecule has 0 N–H and O–H groups in total. The van der Waals surface area contributed by atoms with E-state index in [4.69, 9.17) is 0 Å². The fourth-order valence-electron chi connectivity index (χ4n) is 11.3. The van der Waals surface area contributed by atoms with Gasteiger partial charge in [-0.25, -0.2) is 0 Å². The van der Waals surface area contributed by atoms with Crippen LogP contribution in [0.5, 0.6) is 0 Å². The normalized spacial score (nSPS) is 15.9. The number of anilines is 6. The molecule has 2 aliphatic rings. The molecule has 6 aromatic carbocycles. The summed E-state index contributed by atoms with van der Waals surface area (Å²) in [5.41, 5.74) is 24.5. The predicted octanol–water partition coefficient (Wildman–Crippen LogP) is 18.7. The number of aryl methyl sites for hydroxylation is 8. The van der Waals surface area contributed by atoms with Crippen LogP contribution in [0.25, 0.3) is 11.1 Å². The summed E-state index contributed by atoms with van der Waals surface area (Å²) >= 11 is 0. The van der Waals surface area contributed by atoms with Crippen LogP contribution in [0.3, 0.4) is 0 Å². The van der Waals surface area contributed by atoms with Gasteiger partial charge in [0.1, 0.15) is 0 Å². The van der Waals surface area contributed by atoms with Crippen molar-refractivity contribution in [3.8, 4) is 11.1 Å². The first-order valence-corrected chi connectivity index (χ1v) is 24.9. The minimum absolute atomic E-state index is 0.0981. The molecule has 2 nitrogen and oxygen atoms in total. The van der Waals surface area contributed by atoms with E-state index in [0.717, 1.165) is 19.3 Å². The Morgan fingerprint density at radius 2 is 0.984 bits per heavy atom. The second-order valence-corrected chi connectivity index (χ2v) is 18.0. The van der Waals surface area contributed by atoms with Gasteiger partial charge in [0.2, 0.25) is 0 Å². The molecule has 0 aromatic heterocycles. The van der Waals surface area contributed by atoms with Gasteiger partial charge in [0.05, 0.1) is 11.4 Å². The van der Waals surface area contributed by atoms with Gasteiger partial charge in [0, 0.05) is 28.2 Å². The molecule has 0 saturated heterocycles. The monoisotopic (exact) mass is 839 g/mol. The average Bonchev–Trinajstić information content (AvgIpc) is 3.74. The molecule has 63 heavy (non-hydrogen) atoms. The van der Waals surface area contributed by atoms with Crippen molar-refractivity contribution in [2.45, 2.75) is 166 Å². The molecule has 2 atom stereocenters. The van der Waals surface area contributed by atoms with Crippen LogP contribution in [0.2, 0.25) is 0 Å². The van der Waals surface area contributed by atoms with Crippen molar-refractivity contribution < 1.29 is 0 Å². The highest BCUT2D eigenvalue weighted by molar-refractivity contribution is 5.88. The van der Waals surface area contributed by atoms with Gasteiger partial charge in [-0.3, -0.25) is 0 Å². The summed E-state index contributed by atoms with van der Waals surface area (Å²) in [5.74, 6) is 0.475. The maximum atomic E-state index is 2.62. The smallest absolute Gasteiger partial charge is 0.0520 e. The zero-order valence-electron chi connectivity index (χ0n) is 41.4. The van der Waals surface area contributed by atoms with Gasteiger partial charge < -0.3 is 9.80 Å².